The Hall–Kier alpha value is -1.91. The van der Waals surface area contributed by atoms with Crippen LogP contribution in [0.15, 0.2) is 34.6 Å². The van der Waals surface area contributed by atoms with E-state index in [-0.39, 0.29) is 5.91 Å². The van der Waals surface area contributed by atoms with Crippen molar-refractivity contribution in [1.82, 2.24) is 5.01 Å². The first kappa shape index (κ1) is 13.2. The molecule has 5 heteroatoms. The van der Waals surface area contributed by atoms with Crippen LogP contribution in [0, 0.1) is 0 Å². The Bertz CT molecular complexity index is 399. The highest BCUT2D eigenvalue weighted by atomic mass is 16.1. The van der Waals surface area contributed by atoms with Crippen molar-refractivity contribution >= 4 is 17.3 Å². The summed E-state index contributed by atoms with van der Waals surface area (Å²) in [5.41, 5.74) is 1.46. The molecule has 0 heterocycles. The minimum Gasteiger partial charge on any atom is -0.326 e. The van der Waals surface area contributed by atoms with Crippen LogP contribution in [0.5, 0.6) is 0 Å². The van der Waals surface area contributed by atoms with Gasteiger partial charge in [-0.3, -0.25) is 9.80 Å². The van der Waals surface area contributed by atoms with E-state index in [2.05, 4.69) is 15.7 Å². The molecule has 1 aromatic carbocycles. The van der Waals surface area contributed by atoms with Gasteiger partial charge in [-0.1, -0.05) is 11.3 Å². The standard InChI is InChI=1S/C12H18N4O/c1-4-16(5-2)15-14-12-8-6-7-11(9-12)13-10(3)17/h6-9H,4-5H2,1-3H3,(H,13,17). The van der Waals surface area contributed by atoms with Crippen LogP contribution in [-0.4, -0.2) is 24.0 Å². The summed E-state index contributed by atoms with van der Waals surface area (Å²) >= 11 is 0. The summed E-state index contributed by atoms with van der Waals surface area (Å²) in [6.07, 6.45) is 0. The minimum atomic E-state index is -0.0946. The van der Waals surface area contributed by atoms with Crippen LogP contribution in [0.3, 0.4) is 0 Å². The van der Waals surface area contributed by atoms with Crippen LogP contribution >= 0.6 is 0 Å². The molecule has 0 unspecified atom stereocenters. The zero-order valence-electron chi connectivity index (χ0n) is 10.5. The molecule has 0 saturated heterocycles. The molecular weight excluding hydrogens is 216 g/mol. The van der Waals surface area contributed by atoms with Crippen LogP contribution in [0.2, 0.25) is 0 Å². The molecule has 92 valence electrons. The highest BCUT2D eigenvalue weighted by Gasteiger charge is 1.97. The molecular formula is C12H18N4O. The van der Waals surface area contributed by atoms with Crippen LogP contribution in [0.1, 0.15) is 20.8 Å². The minimum absolute atomic E-state index is 0.0946. The lowest BCUT2D eigenvalue weighted by molar-refractivity contribution is -0.114. The van der Waals surface area contributed by atoms with Crippen molar-refractivity contribution in [2.75, 3.05) is 18.4 Å². The van der Waals surface area contributed by atoms with Gasteiger partial charge in [0.05, 0.1) is 5.69 Å². The molecule has 0 aliphatic rings. The zero-order chi connectivity index (χ0) is 12.7. The molecule has 0 fully saturated rings. The monoisotopic (exact) mass is 234 g/mol. The fraction of sp³-hybridized carbons (Fsp3) is 0.417. The Labute approximate surface area is 102 Å². The van der Waals surface area contributed by atoms with Gasteiger partial charge in [0.2, 0.25) is 5.91 Å². The predicted octanol–water partition coefficient (Wildman–Crippen LogP) is 2.99. The Balaban J connectivity index is 2.74. The summed E-state index contributed by atoms with van der Waals surface area (Å²) in [6, 6.07) is 7.28. The van der Waals surface area contributed by atoms with Gasteiger partial charge in [0.15, 0.2) is 0 Å². The second-order valence-corrected chi connectivity index (χ2v) is 3.56. The van der Waals surface area contributed by atoms with Crippen LogP contribution in [-0.2, 0) is 4.79 Å². The van der Waals surface area contributed by atoms with E-state index in [1.165, 1.54) is 6.92 Å². The maximum Gasteiger partial charge on any atom is 0.221 e. The SMILES string of the molecule is CCN(CC)N=Nc1cccc(NC(C)=O)c1. The van der Waals surface area contributed by atoms with Gasteiger partial charge >= 0.3 is 0 Å². The Morgan fingerprint density at radius 3 is 2.65 bits per heavy atom. The molecule has 1 N–H and O–H groups in total. The Kier molecular flexibility index (Phi) is 5.13. The topological polar surface area (TPSA) is 57.1 Å². The van der Waals surface area contributed by atoms with E-state index in [0.29, 0.717) is 0 Å². The van der Waals surface area contributed by atoms with Gasteiger partial charge in [-0.2, -0.15) is 0 Å². The third-order valence-corrected chi connectivity index (χ3v) is 2.18. The first-order valence-corrected chi connectivity index (χ1v) is 5.70. The second kappa shape index (κ2) is 6.62. The van der Waals surface area contributed by atoms with Crippen LogP contribution in [0.25, 0.3) is 0 Å². The van der Waals surface area contributed by atoms with E-state index < -0.39 is 0 Å². The molecule has 0 bridgehead atoms. The number of amides is 1. The van der Waals surface area contributed by atoms with Gasteiger partial charge in [-0.05, 0) is 32.0 Å². The lowest BCUT2D eigenvalue weighted by Gasteiger charge is -2.11. The molecule has 0 aliphatic heterocycles. The normalized spacial score (nSPS) is 10.5. The number of carbonyl (C=O) groups excluding carboxylic acids is 1. The third-order valence-electron chi connectivity index (χ3n) is 2.18. The highest BCUT2D eigenvalue weighted by Crippen LogP contribution is 2.18. The second-order valence-electron chi connectivity index (χ2n) is 3.56. The van der Waals surface area contributed by atoms with E-state index >= 15 is 0 Å². The Morgan fingerprint density at radius 2 is 2.06 bits per heavy atom. The number of anilines is 1. The van der Waals surface area contributed by atoms with Crippen molar-refractivity contribution in [3.05, 3.63) is 24.3 Å². The van der Waals surface area contributed by atoms with E-state index in [1.807, 2.05) is 37.1 Å². The van der Waals surface area contributed by atoms with E-state index in [9.17, 15) is 4.79 Å². The fourth-order valence-corrected chi connectivity index (χ4v) is 1.31. The highest BCUT2D eigenvalue weighted by molar-refractivity contribution is 5.89. The van der Waals surface area contributed by atoms with Crippen molar-refractivity contribution in [2.45, 2.75) is 20.8 Å². The van der Waals surface area contributed by atoms with Crippen LogP contribution < -0.4 is 5.32 Å². The number of hydrogen-bond acceptors (Lipinski definition) is 3. The fourth-order valence-electron chi connectivity index (χ4n) is 1.31. The smallest absolute Gasteiger partial charge is 0.221 e. The molecule has 0 atom stereocenters. The molecule has 0 radical (unpaired) electrons. The first-order valence-electron chi connectivity index (χ1n) is 5.70. The number of benzene rings is 1. The number of nitrogens with zero attached hydrogens (tertiary/aromatic N) is 3. The maximum atomic E-state index is 10.9. The van der Waals surface area contributed by atoms with E-state index in [0.717, 1.165) is 24.5 Å². The molecule has 17 heavy (non-hydrogen) atoms. The third kappa shape index (κ3) is 4.63. The molecule has 5 nitrogen and oxygen atoms in total. The molecule has 0 spiro atoms. The molecule has 0 saturated carbocycles. The van der Waals surface area contributed by atoms with Crippen LogP contribution in [0.4, 0.5) is 11.4 Å². The van der Waals surface area contributed by atoms with Crippen molar-refractivity contribution in [2.24, 2.45) is 10.3 Å². The molecule has 0 aromatic heterocycles. The predicted molar refractivity (Wildman–Crippen MR) is 68.2 cm³/mol. The maximum absolute atomic E-state index is 10.9. The average Bonchev–Trinajstić information content (AvgIpc) is 2.30. The summed E-state index contributed by atoms with van der Waals surface area (Å²) < 4.78 is 0. The summed E-state index contributed by atoms with van der Waals surface area (Å²) in [5, 5.41) is 12.8. The first-order chi connectivity index (χ1) is 8.15. The van der Waals surface area contributed by atoms with Gasteiger partial charge in [-0.15, -0.1) is 5.11 Å². The summed E-state index contributed by atoms with van der Waals surface area (Å²) in [4.78, 5) is 10.9. The number of nitrogens with one attached hydrogen (secondary N) is 1. The molecule has 0 aliphatic carbocycles. The summed E-state index contributed by atoms with van der Waals surface area (Å²) in [5.74, 6) is -0.0946. The largest absolute Gasteiger partial charge is 0.326 e. The molecule has 1 aromatic rings. The van der Waals surface area contributed by atoms with Crippen molar-refractivity contribution in [3.63, 3.8) is 0 Å². The summed E-state index contributed by atoms with van der Waals surface area (Å²) in [7, 11) is 0. The average molecular weight is 234 g/mol. The Morgan fingerprint density at radius 1 is 1.35 bits per heavy atom. The van der Waals surface area contributed by atoms with E-state index in [4.69, 9.17) is 0 Å². The van der Waals surface area contributed by atoms with Gasteiger partial charge in [0.25, 0.3) is 0 Å². The quantitative estimate of drug-likeness (QED) is 0.629. The van der Waals surface area contributed by atoms with Crippen molar-refractivity contribution < 1.29 is 4.79 Å². The number of rotatable bonds is 5. The van der Waals surface area contributed by atoms with Gasteiger partial charge in [0.1, 0.15) is 0 Å². The zero-order valence-corrected chi connectivity index (χ0v) is 10.5. The lowest BCUT2D eigenvalue weighted by Crippen LogP contribution is -2.14. The van der Waals surface area contributed by atoms with Crippen molar-refractivity contribution in [1.29, 1.82) is 0 Å². The molecule has 1 amide bonds. The van der Waals surface area contributed by atoms with Gasteiger partial charge in [0, 0.05) is 25.7 Å². The van der Waals surface area contributed by atoms with Gasteiger partial charge in [-0.25, -0.2) is 0 Å². The van der Waals surface area contributed by atoms with Crippen molar-refractivity contribution in [3.8, 4) is 0 Å². The summed E-state index contributed by atoms with van der Waals surface area (Å²) in [6.45, 7) is 7.17. The van der Waals surface area contributed by atoms with Gasteiger partial charge < -0.3 is 5.32 Å². The lowest BCUT2D eigenvalue weighted by atomic mass is 10.3. The van der Waals surface area contributed by atoms with E-state index in [1.54, 1.807) is 6.07 Å². The molecule has 1 rings (SSSR count). The number of hydrogen-bond donors (Lipinski definition) is 1. The number of carbonyl (C=O) groups is 1.